The van der Waals surface area contributed by atoms with E-state index in [0.717, 1.165) is 6.42 Å². The maximum Gasteiger partial charge on any atom is 0.411 e. The predicted octanol–water partition coefficient (Wildman–Crippen LogP) is 2.45. The molecule has 1 aliphatic carbocycles. The van der Waals surface area contributed by atoms with Crippen molar-refractivity contribution < 1.29 is 22.3 Å². The lowest BCUT2D eigenvalue weighted by molar-refractivity contribution is -0.193. The first-order valence-electron chi connectivity index (χ1n) is 6.07. The molecule has 2 atom stereocenters. The zero-order chi connectivity index (χ0) is 14.1. The highest BCUT2D eigenvalue weighted by Crippen LogP contribution is 2.45. The van der Waals surface area contributed by atoms with Crippen molar-refractivity contribution in [3.05, 3.63) is 11.8 Å². The molecule has 0 spiro atoms. The smallest absolute Gasteiger partial charge is 0.376 e. The van der Waals surface area contributed by atoms with Crippen molar-refractivity contribution in [2.45, 2.75) is 37.2 Å². The SMILES string of the molecule is N#CC1=CC(OCC(F)(F)F)C(C2(F)CCC2)CN1. The molecule has 2 rings (SSSR count). The fourth-order valence-electron chi connectivity index (χ4n) is 2.47. The molecule has 2 unspecified atom stereocenters. The molecule has 0 aromatic heterocycles. The van der Waals surface area contributed by atoms with Crippen LogP contribution in [0.5, 0.6) is 0 Å². The Morgan fingerprint density at radius 3 is 2.63 bits per heavy atom. The molecule has 0 saturated heterocycles. The van der Waals surface area contributed by atoms with Gasteiger partial charge in [0.2, 0.25) is 0 Å². The summed E-state index contributed by atoms with van der Waals surface area (Å²) in [7, 11) is 0. The van der Waals surface area contributed by atoms with Gasteiger partial charge in [-0.3, -0.25) is 0 Å². The molecule has 1 heterocycles. The van der Waals surface area contributed by atoms with E-state index in [1.165, 1.54) is 6.08 Å². The number of allylic oxidation sites excluding steroid dienone is 1. The minimum absolute atomic E-state index is 0.123. The average Bonchev–Trinajstić information content (AvgIpc) is 2.32. The highest BCUT2D eigenvalue weighted by atomic mass is 19.4. The van der Waals surface area contributed by atoms with Gasteiger partial charge >= 0.3 is 6.18 Å². The molecule has 0 aromatic rings. The van der Waals surface area contributed by atoms with Crippen LogP contribution in [-0.4, -0.2) is 31.1 Å². The minimum Gasteiger partial charge on any atom is -0.376 e. The molecule has 0 bridgehead atoms. The second kappa shape index (κ2) is 5.00. The van der Waals surface area contributed by atoms with E-state index in [9.17, 15) is 17.6 Å². The van der Waals surface area contributed by atoms with Gasteiger partial charge in [0, 0.05) is 12.5 Å². The first kappa shape index (κ1) is 14.1. The Balaban J connectivity index is 2.09. The molecule has 19 heavy (non-hydrogen) atoms. The number of nitrogens with zero attached hydrogens (tertiary/aromatic N) is 1. The highest BCUT2D eigenvalue weighted by molar-refractivity contribution is 5.25. The molecule has 1 fully saturated rings. The highest BCUT2D eigenvalue weighted by Gasteiger charge is 2.49. The van der Waals surface area contributed by atoms with Crippen molar-refractivity contribution in [2.24, 2.45) is 5.92 Å². The summed E-state index contributed by atoms with van der Waals surface area (Å²) in [5.74, 6) is -0.680. The standard InChI is InChI=1S/C12H14F4N2O/c13-11(2-1-3-11)9-6-18-8(5-17)4-10(9)19-7-12(14,15)16/h4,9-10,18H,1-3,6-7H2. The van der Waals surface area contributed by atoms with Crippen molar-refractivity contribution in [3.63, 3.8) is 0 Å². The lowest BCUT2D eigenvalue weighted by Crippen LogP contribution is -2.53. The van der Waals surface area contributed by atoms with E-state index in [2.05, 4.69) is 5.32 Å². The first-order chi connectivity index (χ1) is 8.84. The normalized spacial score (nSPS) is 29.7. The fraction of sp³-hybridized carbons (Fsp3) is 0.750. The number of rotatable bonds is 3. The quantitative estimate of drug-likeness (QED) is 0.806. The summed E-state index contributed by atoms with van der Waals surface area (Å²) in [5.41, 5.74) is -1.35. The number of alkyl halides is 4. The monoisotopic (exact) mass is 278 g/mol. The third-order valence-electron chi connectivity index (χ3n) is 3.65. The molecule has 2 aliphatic rings. The van der Waals surface area contributed by atoms with Crippen LogP contribution in [0, 0.1) is 17.2 Å². The maximum atomic E-state index is 14.4. The minimum atomic E-state index is -4.46. The number of nitriles is 1. The van der Waals surface area contributed by atoms with Gasteiger partial charge in [-0.15, -0.1) is 0 Å². The molecular weight excluding hydrogens is 264 g/mol. The Bertz CT molecular complexity index is 409. The Morgan fingerprint density at radius 2 is 2.16 bits per heavy atom. The predicted molar refractivity (Wildman–Crippen MR) is 58.7 cm³/mol. The third kappa shape index (κ3) is 3.18. The van der Waals surface area contributed by atoms with Crippen LogP contribution >= 0.6 is 0 Å². The average molecular weight is 278 g/mol. The zero-order valence-electron chi connectivity index (χ0n) is 10.1. The van der Waals surface area contributed by atoms with Gasteiger partial charge in [0.15, 0.2) is 0 Å². The second-order valence-electron chi connectivity index (χ2n) is 4.96. The van der Waals surface area contributed by atoms with E-state index in [-0.39, 0.29) is 12.2 Å². The summed E-state index contributed by atoms with van der Waals surface area (Å²) in [5, 5.41) is 11.5. The van der Waals surface area contributed by atoms with Crippen LogP contribution in [0.15, 0.2) is 11.8 Å². The molecule has 1 saturated carbocycles. The van der Waals surface area contributed by atoms with Gasteiger partial charge in [-0.2, -0.15) is 18.4 Å². The van der Waals surface area contributed by atoms with Gasteiger partial charge in [0.05, 0.1) is 6.10 Å². The summed E-state index contributed by atoms with van der Waals surface area (Å²) >= 11 is 0. The van der Waals surface area contributed by atoms with E-state index in [4.69, 9.17) is 10.00 Å². The lowest BCUT2D eigenvalue weighted by atomic mass is 9.69. The van der Waals surface area contributed by atoms with Gasteiger partial charge in [0.25, 0.3) is 0 Å². The second-order valence-corrected chi connectivity index (χ2v) is 4.96. The fourth-order valence-corrected chi connectivity index (χ4v) is 2.47. The summed E-state index contributed by atoms with van der Waals surface area (Å²) in [6, 6.07) is 1.81. The molecule has 0 radical (unpaired) electrons. The molecule has 1 aliphatic heterocycles. The van der Waals surface area contributed by atoms with E-state index < -0.39 is 30.5 Å². The summed E-state index contributed by atoms with van der Waals surface area (Å²) in [6.07, 6.45) is -2.82. The van der Waals surface area contributed by atoms with Gasteiger partial charge in [-0.25, -0.2) is 4.39 Å². The van der Waals surface area contributed by atoms with Crippen LogP contribution < -0.4 is 5.32 Å². The van der Waals surface area contributed by atoms with Gasteiger partial charge in [0.1, 0.15) is 24.0 Å². The van der Waals surface area contributed by atoms with Crippen LogP contribution in [0.3, 0.4) is 0 Å². The third-order valence-corrected chi connectivity index (χ3v) is 3.65. The van der Waals surface area contributed by atoms with Gasteiger partial charge in [-0.05, 0) is 25.3 Å². The Hall–Kier alpha value is -1.29. The number of ether oxygens (including phenoxy) is 1. The van der Waals surface area contributed by atoms with Crippen molar-refractivity contribution in [1.82, 2.24) is 5.32 Å². The van der Waals surface area contributed by atoms with Crippen LogP contribution in [0.1, 0.15) is 19.3 Å². The summed E-state index contributed by atoms with van der Waals surface area (Å²) in [4.78, 5) is 0. The maximum absolute atomic E-state index is 14.4. The van der Waals surface area contributed by atoms with Gasteiger partial charge < -0.3 is 10.1 Å². The van der Waals surface area contributed by atoms with Gasteiger partial charge in [-0.1, -0.05) is 0 Å². The van der Waals surface area contributed by atoms with Crippen molar-refractivity contribution in [1.29, 1.82) is 5.26 Å². The molecule has 106 valence electrons. The van der Waals surface area contributed by atoms with Crippen molar-refractivity contribution in [2.75, 3.05) is 13.2 Å². The number of nitrogens with one attached hydrogen (secondary N) is 1. The molecular formula is C12H14F4N2O. The number of hydrogen-bond donors (Lipinski definition) is 1. The van der Waals surface area contributed by atoms with Crippen LogP contribution in [0.4, 0.5) is 17.6 Å². The van der Waals surface area contributed by atoms with E-state index in [1.807, 2.05) is 0 Å². The molecule has 1 N–H and O–H groups in total. The zero-order valence-corrected chi connectivity index (χ0v) is 10.1. The van der Waals surface area contributed by atoms with Crippen LogP contribution in [0.2, 0.25) is 0 Å². The molecule has 0 aromatic carbocycles. The molecule has 0 amide bonds. The summed E-state index contributed by atoms with van der Waals surface area (Å²) in [6.45, 7) is -1.31. The summed E-state index contributed by atoms with van der Waals surface area (Å²) < 4.78 is 55.7. The number of hydrogen-bond acceptors (Lipinski definition) is 3. The van der Waals surface area contributed by atoms with E-state index in [1.54, 1.807) is 6.07 Å². The largest absolute Gasteiger partial charge is 0.411 e. The Labute approximate surface area is 108 Å². The van der Waals surface area contributed by atoms with E-state index >= 15 is 0 Å². The Kier molecular flexibility index (Phi) is 3.72. The van der Waals surface area contributed by atoms with Crippen LogP contribution in [0.25, 0.3) is 0 Å². The molecule has 7 heteroatoms. The van der Waals surface area contributed by atoms with Crippen molar-refractivity contribution in [3.8, 4) is 6.07 Å². The van der Waals surface area contributed by atoms with E-state index in [0.29, 0.717) is 12.8 Å². The molecule has 3 nitrogen and oxygen atoms in total. The van der Waals surface area contributed by atoms with Crippen LogP contribution in [-0.2, 0) is 4.74 Å². The van der Waals surface area contributed by atoms with Crippen molar-refractivity contribution >= 4 is 0 Å². The lowest BCUT2D eigenvalue weighted by Gasteiger charge is -2.45. The Morgan fingerprint density at radius 1 is 1.47 bits per heavy atom. The number of halogens is 4. The first-order valence-corrected chi connectivity index (χ1v) is 6.07. The topological polar surface area (TPSA) is 45.0 Å².